The number of aliphatic hydroxyl groups is 1. The summed E-state index contributed by atoms with van der Waals surface area (Å²) in [5, 5.41) is 10.6. The molecular weight excluding hydrogens is 428 g/mol. The van der Waals surface area contributed by atoms with Crippen LogP contribution >= 0.6 is 0 Å². The summed E-state index contributed by atoms with van der Waals surface area (Å²) >= 11 is 0. The number of anilines is 1. The van der Waals surface area contributed by atoms with E-state index in [2.05, 4.69) is 16.3 Å². The van der Waals surface area contributed by atoms with Gasteiger partial charge in [-0.2, -0.15) is 0 Å². The van der Waals surface area contributed by atoms with Crippen LogP contribution in [-0.2, 0) is 10.0 Å². The number of H-pyrrole nitrogens is 1. The Morgan fingerprint density at radius 1 is 1.22 bits per heavy atom. The third kappa shape index (κ3) is 3.75. The van der Waals surface area contributed by atoms with E-state index in [-0.39, 0.29) is 23.5 Å². The summed E-state index contributed by atoms with van der Waals surface area (Å²) < 4.78 is 32.8. The summed E-state index contributed by atoms with van der Waals surface area (Å²) in [4.78, 5) is 14.4. The van der Waals surface area contributed by atoms with Crippen molar-refractivity contribution in [3.05, 3.63) is 53.9 Å². The highest BCUT2D eigenvalue weighted by Gasteiger charge is 2.56. The first-order valence-electron chi connectivity index (χ1n) is 11.0. The molecule has 8 heteroatoms. The number of carbonyl (C=O) groups is 1. The molecule has 0 spiro atoms. The monoisotopic (exact) mass is 456 g/mol. The molecule has 4 aliphatic carbocycles. The second kappa shape index (κ2) is 7.49. The molecule has 0 amide bonds. The molecule has 2 aromatic rings. The third-order valence-electron chi connectivity index (χ3n) is 7.32. The minimum atomic E-state index is -3.46. The van der Waals surface area contributed by atoms with E-state index in [1.807, 2.05) is 0 Å². The Balaban J connectivity index is 1.53. The molecule has 4 aliphatic rings. The molecule has 4 fully saturated rings. The zero-order chi connectivity index (χ0) is 22.7. The van der Waals surface area contributed by atoms with Crippen LogP contribution in [0.25, 0.3) is 5.57 Å². The predicted octanol–water partition coefficient (Wildman–Crippen LogP) is 3.58. The van der Waals surface area contributed by atoms with Crippen molar-refractivity contribution in [3.8, 4) is 5.75 Å². The smallest absolute Gasteiger partial charge is 0.229 e. The molecule has 170 valence electrons. The Labute approximate surface area is 187 Å². The molecule has 0 radical (unpaired) electrons. The van der Waals surface area contributed by atoms with E-state index in [4.69, 9.17) is 4.74 Å². The van der Waals surface area contributed by atoms with Crippen LogP contribution in [0.2, 0.25) is 0 Å². The van der Waals surface area contributed by atoms with Gasteiger partial charge in [-0.25, -0.2) is 8.42 Å². The maximum atomic E-state index is 11.8. The lowest BCUT2D eigenvalue weighted by molar-refractivity contribution is -0.164. The van der Waals surface area contributed by atoms with Gasteiger partial charge in [0, 0.05) is 23.0 Å². The normalized spacial score (nSPS) is 30.8. The minimum Gasteiger partial charge on any atom is -0.487 e. The van der Waals surface area contributed by atoms with Crippen molar-refractivity contribution in [2.24, 2.45) is 17.8 Å². The fraction of sp³-hybridized carbons (Fsp3) is 0.458. The summed E-state index contributed by atoms with van der Waals surface area (Å²) in [5.74, 6) is 1.72. The highest BCUT2D eigenvalue weighted by Crippen LogP contribution is 2.57. The summed E-state index contributed by atoms with van der Waals surface area (Å²) in [6.45, 7) is 4.20. The molecule has 0 saturated heterocycles. The topological polar surface area (TPSA) is 108 Å². The molecule has 2 atom stereocenters. The fourth-order valence-electron chi connectivity index (χ4n) is 6.30. The van der Waals surface area contributed by atoms with E-state index in [0.29, 0.717) is 39.7 Å². The first kappa shape index (κ1) is 21.3. The van der Waals surface area contributed by atoms with Gasteiger partial charge in [0.15, 0.2) is 6.29 Å². The molecule has 1 heterocycles. The number of benzene rings is 1. The molecule has 6 rings (SSSR count). The first-order chi connectivity index (χ1) is 15.2. The second-order valence-corrected chi connectivity index (χ2v) is 11.5. The maximum absolute atomic E-state index is 11.8. The Hall–Kier alpha value is -2.58. The molecular formula is C24H28N2O5S. The zero-order valence-corrected chi connectivity index (χ0v) is 18.8. The number of hydrogen-bond donors (Lipinski definition) is 3. The van der Waals surface area contributed by atoms with Gasteiger partial charge in [-0.05, 0) is 79.7 Å². The Kier molecular flexibility index (Phi) is 4.98. The first-order valence-corrected chi connectivity index (χ1v) is 12.9. The zero-order valence-electron chi connectivity index (χ0n) is 18.0. The van der Waals surface area contributed by atoms with Crippen molar-refractivity contribution in [2.75, 3.05) is 11.0 Å². The number of aromatic amines is 1. The van der Waals surface area contributed by atoms with Gasteiger partial charge in [0.25, 0.3) is 0 Å². The largest absolute Gasteiger partial charge is 0.487 e. The summed E-state index contributed by atoms with van der Waals surface area (Å²) in [5.41, 5.74) is 2.33. The van der Waals surface area contributed by atoms with Gasteiger partial charge < -0.3 is 14.8 Å². The van der Waals surface area contributed by atoms with Crippen molar-refractivity contribution < 1.29 is 23.1 Å². The van der Waals surface area contributed by atoms with Crippen LogP contribution < -0.4 is 9.46 Å². The number of aliphatic hydroxyl groups excluding tert-OH is 1. The fourth-order valence-corrected chi connectivity index (χ4v) is 6.86. The molecule has 7 nitrogen and oxygen atoms in total. The SMILES string of the molecule is C=C(c1cc(NS(C)(=O)=O)ccc1OC12CC3CC(C1)C(O)C(C3)C2)c1cc[nH]c1C=O. The number of hydrogen-bond acceptors (Lipinski definition) is 5. The quantitative estimate of drug-likeness (QED) is 0.552. The predicted molar refractivity (Wildman–Crippen MR) is 122 cm³/mol. The van der Waals surface area contributed by atoms with Gasteiger partial charge in [-0.15, -0.1) is 0 Å². The highest BCUT2D eigenvalue weighted by atomic mass is 32.2. The van der Waals surface area contributed by atoms with E-state index in [1.165, 1.54) is 0 Å². The van der Waals surface area contributed by atoms with Gasteiger partial charge in [-0.1, -0.05) is 6.58 Å². The van der Waals surface area contributed by atoms with Crippen molar-refractivity contribution in [1.82, 2.24) is 4.98 Å². The average Bonchev–Trinajstić information content (AvgIpc) is 3.19. The van der Waals surface area contributed by atoms with E-state index in [9.17, 15) is 18.3 Å². The number of rotatable bonds is 7. The number of ether oxygens (including phenoxy) is 1. The molecule has 4 saturated carbocycles. The molecule has 4 bridgehead atoms. The van der Waals surface area contributed by atoms with Crippen LogP contribution in [0.15, 0.2) is 37.0 Å². The van der Waals surface area contributed by atoms with Crippen molar-refractivity contribution in [1.29, 1.82) is 0 Å². The Morgan fingerprint density at radius 2 is 1.94 bits per heavy atom. The molecule has 1 aromatic carbocycles. The lowest BCUT2D eigenvalue weighted by Crippen LogP contribution is -2.59. The summed E-state index contributed by atoms with van der Waals surface area (Å²) in [6.07, 6.45) is 7.99. The average molecular weight is 457 g/mol. The van der Waals surface area contributed by atoms with Gasteiger partial charge in [0.1, 0.15) is 11.4 Å². The van der Waals surface area contributed by atoms with Crippen LogP contribution in [0.5, 0.6) is 5.75 Å². The van der Waals surface area contributed by atoms with Crippen LogP contribution in [0, 0.1) is 17.8 Å². The van der Waals surface area contributed by atoms with Crippen LogP contribution in [-0.4, -0.2) is 42.8 Å². The van der Waals surface area contributed by atoms with E-state index in [1.54, 1.807) is 30.5 Å². The molecule has 0 aliphatic heterocycles. The number of aromatic nitrogens is 1. The molecule has 3 N–H and O–H groups in total. The standard InChI is InChI=1S/C24H28N2O5S/c1-14(19-5-6-25-21(19)13-27)20-9-18(26-32(2,29)30)3-4-22(20)31-24-10-15-7-16(11-24)23(28)17(8-15)12-24/h3-6,9,13,15-17,23,25-26,28H,1,7-8,10-12H2,2H3. The van der Waals surface area contributed by atoms with Gasteiger partial charge in [0.2, 0.25) is 10.0 Å². The van der Waals surface area contributed by atoms with E-state index in [0.717, 1.165) is 44.6 Å². The number of carbonyl (C=O) groups excluding carboxylic acids is 1. The number of sulfonamides is 1. The van der Waals surface area contributed by atoms with E-state index >= 15 is 0 Å². The van der Waals surface area contributed by atoms with E-state index < -0.39 is 10.0 Å². The molecule has 1 aromatic heterocycles. The lowest BCUT2D eigenvalue weighted by atomic mass is 9.53. The Bertz CT molecular complexity index is 1170. The van der Waals surface area contributed by atoms with Crippen LogP contribution in [0.3, 0.4) is 0 Å². The van der Waals surface area contributed by atoms with Crippen LogP contribution in [0.1, 0.15) is 53.7 Å². The van der Waals surface area contributed by atoms with Crippen molar-refractivity contribution in [2.45, 2.75) is 43.8 Å². The molecule has 2 unspecified atom stereocenters. The Morgan fingerprint density at radius 3 is 2.59 bits per heavy atom. The minimum absolute atomic E-state index is 0.242. The lowest BCUT2D eigenvalue weighted by Gasteiger charge is -2.58. The number of aldehydes is 1. The van der Waals surface area contributed by atoms with Gasteiger partial charge >= 0.3 is 0 Å². The van der Waals surface area contributed by atoms with Gasteiger partial charge in [0.05, 0.1) is 18.1 Å². The maximum Gasteiger partial charge on any atom is 0.229 e. The third-order valence-corrected chi connectivity index (χ3v) is 7.93. The van der Waals surface area contributed by atoms with Crippen LogP contribution in [0.4, 0.5) is 5.69 Å². The second-order valence-electron chi connectivity index (χ2n) is 9.73. The van der Waals surface area contributed by atoms with Crippen molar-refractivity contribution >= 4 is 27.6 Å². The molecule has 32 heavy (non-hydrogen) atoms. The highest BCUT2D eigenvalue weighted by molar-refractivity contribution is 7.92. The number of nitrogens with one attached hydrogen (secondary N) is 2. The summed E-state index contributed by atoms with van der Waals surface area (Å²) in [6, 6.07) is 6.93. The summed E-state index contributed by atoms with van der Waals surface area (Å²) in [7, 11) is -3.46. The van der Waals surface area contributed by atoms with Crippen molar-refractivity contribution in [3.63, 3.8) is 0 Å². The van der Waals surface area contributed by atoms with Gasteiger partial charge in [-0.3, -0.25) is 9.52 Å².